The van der Waals surface area contributed by atoms with E-state index in [0.29, 0.717) is 34.8 Å². The van der Waals surface area contributed by atoms with E-state index in [1.807, 2.05) is 4.90 Å². The van der Waals surface area contributed by atoms with Crippen molar-refractivity contribution in [3.63, 3.8) is 0 Å². The van der Waals surface area contributed by atoms with Crippen LogP contribution in [-0.4, -0.2) is 47.9 Å². The summed E-state index contributed by atoms with van der Waals surface area (Å²) in [4.78, 5) is 22.0. The Labute approximate surface area is 205 Å². The van der Waals surface area contributed by atoms with Crippen LogP contribution < -0.4 is 4.90 Å². The topological polar surface area (TPSA) is 36.4 Å². The van der Waals surface area contributed by atoms with Gasteiger partial charge in [-0.1, -0.05) is 11.6 Å². The quantitative estimate of drug-likeness (QED) is 0.371. The van der Waals surface area contributed by atoms with Gasteiger partial charge in [0.2, 0.25) is 0 Å². The number of carbonyl (C=O) groups is 1. The van der Waals surface area contributed by atoms with E-state index in [1.165, 1.54) is 30.2 Å². The minimum atomic E-state index is -4.52. The number of carbonyl (C=O) groups excluding carboxylic acids is 1. The zero-order valence-corrected chi connectivity index (χ0v) is 20.1. The SMILES string of the molecule is O=C(Cc1nc2ccc(Cl)cc2s1)c1cc(N2CCC(N3CCCC3)CC2)cc(C(F)(F)F)c1. The fourth-order valence-corrected chi connectivity index (χ4v) is 6.22. The molecule has 0 radical (unpaired) electrons. The lowest BCUT2D eigenvalue weighted by molar-refractivity contribution is -0.137. The van der Waals surface area contributed by atoms with Crippen molar-refractivity contribution in [2.24, 2.45) is 0 Å². The number of hydrogen-bond acceptors (Lipinski definition) is 5. The first kappa shape index (κ1) is 23.6. The van der Waals surface area contributed by atoms with Crippen LogP contribution in [0.3, 0.4) is 0 Å². The number of hydrogen-bond donors (Lipinski definition) is 0. The molecule has 2 fully saturated rings. The molecule has 3 aromatic rings. The zero-order valence-electron chi connectivity index (χ0n) is 18.6. The summed E-state index contributed by atoms with van der Waals surface area (Å²) < 4.78 is 41.9. The van der Waals surface area contributed by atoms with Crippen molar-refractivity contribution in [1.29, 1.82) is 0 Å². The fraction of sp³-hybridized carbons (Fsp3) is 0.440. The average molecular weight is 508 g/mol. The summed E-state index contributed by atoms with van der Waals surface area (Å²) >= 11 is 7.36. The second-order valence-electron chi connectivity index (χ2n) is 9.05. The molecule has 0 N–H and O–H groups in total. The highest BCUT2D eigenvalue weighted by Crippen LogP contribution is 2.35. The lowest BCUT2D eigenvalue weighted by Gasteiger charge is -2.38. The summed E-state index contributed by atoms with van der Waals surface area (Å²) in [6.07, 6.45) is -0.274. The van der Waals surface area contributed by atoms with Gasteiger partial charge in [0.05, 0.1) is 22.2 Å². The first-order valence-corrected chi connectivity index (χ1v) is 12.8. The lowest BCUT2D eigenvalue weighted by atomic mass is 9.99. The van der Waals surface area contributed by atoms with Gasteiger partial charge in [0.15, 0.2) is 5.78 Å². The third kappa shape index (κ3) is 5.09. The van der Waals surface area contributed by atoms with Crippen LogP contribution in [0.4, 0.5) is 18.9 Å². The van der Waals surface area contributed by atoms with E-state index in [1.54, 1.807) is 24.3 Å². The second-order valence-corrected chi connectivity index (χ2v) is 10.6. The predicted octanol–water partition coefficient (Wildman–Crippen LogP) is 6.46. The normalized spacial score (nSPS) is 18.2. The molecule has 0 spiro atoms. The second kappa shape index (κ2) is 9.47. The predicted molar refractivity (Wildman–Crippen MR) is 130 cm³/mol. The number of nitrogens with zero attached hydrogens (tertiary/aromatic N) is 3. The standard InChI is InChI=1S/C25H25ClF3N3OS/c26-18-3-4-21-23(14-18)34-24(30-21)15-22(33)16-11-17(25(27,28)29)13-20(12-16)32-9-5-19(6-10-32)31-7-1-2-8-31/h3-4,11-14,19H,1-2,5-10,15H2. The molecule has 5 rings (SSSR count). The Balaban J connectivity index is 1.37. The van der Waals surface area contributed by atoms with Gasteiger partial charge in [-0.3, -0.25) is 4.79 Å². The van der Waals surface area contributed by atoms with Crippen molar-refractivity contribution in [2.75, 3.05) is 31.1 Å². The molecule has 180 valence electrons. The third-order valence-electron chi connectivity index (χ3n) is 6.76. The summed E-state index contributed by atoms with van der Waals surface area (Å²) in [6, 6.07) is 9.52. The van der Waals surface area contributed by atoms with Crippen LogP contribution in [0.2, 0.25) is 5.02 Å². The average Bonchev–Trinajstić information content (AvgIpc) is 3.48. The highest BCUT2D eigenvalue weighted by molar-refractivity contribution is 7.18. The Morgan fingerprint density at radius 1 is 1.06 bits per heavy atom. The van der Waals surface area contributed by atoms with E-state index in [-0.39, 0.29) is 17.8 Å². The van der Waals surface area contributed by atoms with Gasteiger partial charge in [0.1, 0.15) is 5.01 Å². The van der Waals surface area contributed by atoms with Gasteiger partial charge < -0.3 is 9.80 Å². The molecule has 2 aliphatic rings. The van der Waals surface area contributed by atoms with E-state index < -0.39 is 11.7 Å². The molecule has 2 saturated heterocycles. The molecule has 2 aromatic carbocycles. The summed E-state index contributed by atoms with van der Waals surface area (Å²) in [6.45, 7) is 3.61. The van der Waals surface area contributed by atoms with Crippen molar-refractivity contribution < 1.29 is 18.0 Å². The van der Waals surface area contributed by atoms with E-state index in [4.69, 9.17) is 11.6 Å². The van der Waals surface area contributed by atoms with Gasteiger partial charge in [0, 0.05) is 35.4 Å². The number of ketones is 1. The van der Waals surface area contributed by atoms with Crippen LogP contribution in [0.5, 0.6) is 0 Å². The van der Waals surface area contributed by atoms with Gasteiger partial charge in [-0.2, -0.15) is 13.2 Å². The number of likely N-dealkylation sites (tertiary alicyclic amines) is 1. The summed E-state index contributed by atoms with van der Waals surface area (Å²) in [5.74, 6) is -0.371. The fourth-order valence-electron chi connectivity index (χ4n) is 4.98. The number of aromatic nitrogens is 1. The largest absolute Gasteiger partial charge is 0.416 e. The molecular formula is C25H25ClF3N3OS. The van der Waals surface area contributed by atoms with Crippen molar-refractivity contribution in [2.45, 2.75) is 44.3 Å². The minimum absolute atomic E-state index is 0.0469. The molecule has 34 heavy (non-hydrogen) atoms. The van der Waals surface area contributed by atoms with Crippen LogP contribution in [0, 0.1) is 0 Å². The van der Waals surface area contributed by atoms with E-state index in [0.717, 1.165) is 42.2 Å². The van der Waals surface area contributed by atoms with E-state index in [9.17, 15) is 18.0 Å². The number of thiazole rings is 1. The number of halogens is 4. The molecule has 0 saturated carbocycles. The van der Waals surface area contributed by atoms with Crippen LogP contribution in [0.1, 0.15) is 46.6 Å². The first-order valence-electron chi connectivity index (χ1n) is 11.6. The number of alkyl halides is 3. The van der Waals surface area contributed by atoms with Crippen molar-refractivity contribution in [3.8, 4) is 0 Å². The van der Waals surface area contributed by atoms with Crippen molar-refractivity contribution >= 4 is 44.6 Å². The molecule has 9 heteroatoms. The third-order valence-corrected chi connectivity index (χ3v) is 8.01. The van der Waals surface area contributed by atoms with Crippen LogP contribution in [-0.2, 0) is 12.6 Å². The molecule has 0 atom stereocenters. The number of piperidine rings is 1. The summed E-state index contributed by atoms with van der Waals surface area (Å²) in [5.41, 5.74) is 0.479. The van der Waals surface area contributed by atoms with E-state index in [2.05, 4.69) is 9.88 Å². The van der Waals surface area contributed by atoms with Gasteiger partial charge >= 0.3 is 6.18 Å². The molecule has 1 aromatic heterocycles. The maximum atomic E-state index is 13.7. The lowest BCUT2D eigenvalue weighted by Crippen LogP contribution is -2.44. The maximum absolute atomic E-state index is 13.7. The highest BCUT2D eigenvalue weighted by atomic mass is 35.5. The number of Topliss-reactive ketones (excluding diaryl/α,β-unsaturated/α-hetero) is 1. The van der Waals surface area contributed by atoms with E-state index >= 15 is 0 Å². The highest BCUT2D eigenvalue weighted by Gasteiger charge is 2.33. The van der Waals surface area contributed by atoms with Gasteiger partial charge in [-0.15, -0.1) is 11.3 Å². The molecule has 0 aliphatic carbocycles. The molecule has 4 nitrogen and oxygen atoms in total. The van der Waals surface area contributed by atoms with Crippen molar-refractivity contribution in [1.82, 2.24) is 9.88 Å². The van der Waals surface area contributed by atoms with Crippen molar-refractivity contribution in [3.05, 3.63) is 57.6 Å². The zero-order chi connectivity index (χ0) is 23.9. The Bertz CT molecular complexity index is 1200. The maximum Gasteiger partial charge on any atom is 0.416 e. The molecule has 0 bridgehead atoms. The molecule has 0 unspecified atom stereocenters. The first-order chi connectivity index (χ1) is 16.3. The van der Waals surface area contributed by atoms with Crippen LogP contribution in [0.25, 0.3) is 10.2 Å². The Morgan fingerprint density at radius 2 is 1.79 bits per heavy atom. The number of fused-ring (bicyclic) bond motifs is 1. The van der Waals surface area contributed by atoms with Crippen LogP contribution in [0.15, 0.2) is 36.4 Å². The number of anilines is 1. The number of rotatable bonds is 5. The summed E-state index contributed by atoms with van der Waals surface area (Å²) in [5, 5.41) is 1.14. The minimum Gasteiger partial charge on any atom is -0.371 e. The number of benzene rings is 2. The molecule has 0 amide bonds. The van der Waals surface area contributed by atoms with Gasteiger partial charge in [-0.25, -0.2) is 4.98 Å². The Kier molecular flexibility index (Phi) is 6.57. The molecule has 2 aliphatic heterocycles. The molecule has 3 heterocycles. The smallest absolute Gasteiger partial charge is 0.371 e. The van der Waals surface area contributed by atoms with Gasteiger partial charge in [-0.05, 0) is 75.2 Å². The van der Waals surface area contributed by atoms with Crippen LogP contribution >= 0.6 is 22.9 Å². The van der Waals surface area contributed by atoms with Gasteiger partial charge in [0.25, 0.3) is 0 Å². The Hall–Kier alpha value is -2.16. The monoisotopic (exact) mass is 507 g/mol. The molecular weight excluding hydrogens is 483 g/mol. The Morgan fingerprint density at radius 3 is 2.50 bits per heavy atom. The summed E-state index contributed by atoms with van der Waals surface area (Å²) in [7, 11) is 0.